The fourth-order valence-corrected chi connectivity index (χ4v) is 2.21. The van der Waals surface area contributed by atoms with Gasteiger partial charge in [-0.15, -0.1) is 0 Å². The van der Waals surface area contributed by atoms with Gasteiger partial charge in [0, 0.05) is 31.4 Å². The molecule has 1 aromatic carbocycles. The van der Waals surface area contributed by atoms with Crippen LogP contribution in [0.1, 0.15) is 49.4 Å². The fraction of sp³-hybridized carbons (Fsp3) is 0.562. The van der Waals surface area contributed by atoms with E-state index in [2.05, 4.69) is 12.2 Å². The van der Waals surface area contributed by atoms with Crippen molar-refractivity contribution in [3.63, 3.8) is 0 Å². The highest BCUT2D eigenvalue weighted by molar-refractivity contribution is 6.31. The third-order valence-electron chi connectivity index (χ3n) is 3.21. The number of carbonyl (C=O) groups is 1. The van der Waals surface area contributed by atoms with Crippen LogP contribution in [0.3, 0.4) is 0 Å². The van der Waals surface area contributed by atoms with Crippen LogP contribution in [0.15, 0.2) is 18.2 Å². The molecule has 1 amide bonds. The first kappa shape index (κ1) is 16.8. The van der Waals surface area contributed by atoms with Crippen molar-refractivity contribution in [1.29, 1.82) is 0 Å². The molecular formula is C16H25ClN2O. The van der Waals surface area contributed by atoms with E-state index in [9.17, 15) is 4.79 Å². The van der Waals surface area contributed by atoms with Crippen LogP contribution in [0.25, 0.3) is 0 Å². The third-order valence-corrected chi connectivity index (χ3v) is 3.45. The highest BCUT2D eigenvalue weighted by Gasteiger charge is 2.13. The molecule has 1 N–H and O–H groups in total. The van der Waals surface area contributed by atoms with Crippen molar-refractivity contribution >= 4 is 23.2 Å². The van der Waals surface area contributed by atoms with Crippen molar-refractivity contribution in [2.45, 2.75) is 39.0 Å². The molecule has 0 fully saturated rings. The summed E-state index contributed by atoms with van der Waals surface area (Å²) in [5.74, 6) is -0.00449. The summed E-state index contributed by atoms with van der Waals surface area (Å²) in [5, 5.41) is 3.98. The number of hydrogen-bond donors (Lipinski definition) is 1. The summed E-state index contributed by atoms with van der Waals surface area (Å²) in [6.07, 6.45) is 6.16. The molecule has 0 spiro atoms. The van der Waals surface area contributed by atoms with Crippen LogP contribution in [0.4, 0.5) is 5.69 Å². The molecule has 0 saturated carbocycles. The van der Waals surface area contributed by atoms with Crippen molar-refractivity contribution in [2.75, 3.05) is 26.0 Å². The molecule has 112 valence electrons. The number of carbonyl (C=O) groups excluding carboxylic acids is 1. The van der Waals surface area contributed by atoms with Crippen LogP contribution in [0, 0.1) is 0 Å². The number of benzene rings is 1. The Morgan fingerprint density at radius 2 is 1.90 bits per heavy atom. The van der Waals surface area contributed by atoms with E-state index in [1.54, 1.807) is 31.1 Å². The van der Waals surface area contributed by atoms with E-state index in [1.807, 2.05) is 6.07 Å². The first-order valence-corrected chi connectivity index (χ1v) is 7.69. The Bertz CT molecular complexity index is 432. The number of hydrogen-bond acceptors (Lipinski definition) is 2. The van der Waals surface area contributed by atoms with E-state index in [1.165, 1.54) is 25.7 Å². The summed E-state index contributed by atoms with van der Waals surface area (Å²) in [6, 6.07) is 5.36. The van der Waals surface area contributed by atoms with Gasteiger partial charge in [0.1, 0.15) is 0 Å². The predicted octanol–water partition coefficient (Wildman–Crippen LogP) is 4.42. The van der Waals surface area contributed by atoms with E-state index in [0.29, 0.717) is 10.6 Å². The zero-order valence-corrected chi connectivity index (χ0v) is 13.5. The Hall–Kier alpha value is -1.22. The molecule has 20 heavy (non-hydrogen) atoms. The molecule has 0 radical (unpaired) electrons. The second-order valence-corrected chi connectivity index (χ2v) is 5.67. The lowest BCUT2D eigenvalue weighted by Gasteiger charge is -2.15. The maximum Gasteiger partial charge on any atom is 0.255 e. The highest BCUT2D eigenvalue weighted by atomic mass is 35.5. The molecule has 3 nitrogen and oxygen atoms in total. The average molecular weight is 297 g/mol. The molecule has 0 bridgehead atoms. The number of nitrogens with one attached hydrogen (secondary N) is 1. The summed E-state index contributed by atoms with van der Waals surface area (Å²) < 4.78 is 0. The maximum absolute atomic E-state index is 12.1. The molecule has 0 aliphatic rings. The van der Waals surface area contributed by atoms with Gasteiger partial charge in [-0.05, 0) is 24.6 Å². The van der Waals surface area contributed by atoms with Crippen molar-refractivity contribution in [3.05, 3.63) is 28.8 Å². The Labute approximate surface area is 127 Å². The SMILES string of the molecule is CCCCCCCNc1cc(Cl)ccc1C(=O)N(C)C. The molecule has 0 unspecified atom stereocenters. The molecule has 0 aliphatic carbocycles. The van der Waals surface area contributed by atoms with Crippen LogP contribution in [-0.2, 0) is 0 Å². The van der Waals surface area contributed by atoms with Gasteiger partial charge >= 0.3 is 0 Å². The topological polar surface area (TPSA) is 32.3 Å². The molecule has 1 rings (SSSR count). The summed E-state index contributed by atoms with van der Waals surface area (Å²) >= 11 is 6.02. The minimum absolute atomic E-state index is 0.00449. The number of halogens is 1. The molecule has 0 saturated heterocycles. The van der Waals surface area contributed by atoms with Gasteiger partial charge in [0.25, 0.3) is 5.91 Å². The third kappa shape index (κ3) is 5.41. The van der Waals surface area contributed by atoms with Gasteiger partial charge in [-0.3, -0.25) is 4.79 Å². The van der Waals surface area contributed by atoms with Crippen molar-refractivity contribution < 1.29 is 4.79 Å². The van der Waals surface area contributed by atoms with E-state index in [4.69, 9.17) is 11.6 Å². The standard InChI is InChI=1S/C16H25ClN2O/c1-4-5-6-7-8-11-18-15-12-13(17)9-10-14(15)16(20)19(2)3/h9-10,12,18H,4-8,11H2,1-3H3. The number of amides is 1. The van der Waals surface area contributed by atoms with Gasteiger partial charge in [0.05, 0.1) is 5.56 Å². The van der Waals surface area contributed by atoms with Gasteiger partial charge in [0.2, 0.25) is 0 Å². The Morgan fingerprint density at radius 1 is 1.20 bits per heavy atom. The van der Waals surface area contributed by atoms with Gasteiger partial charge in [0.15, 0.2) is 0 Å². The minimum Gasteiger partial charge on any atom is -0.384 e. The smallest absolute Gasteiger partial charge is 0.255 e. The summed E-state index contributed by atoms with van der Waals surface area (Å²) in [4.78, 5) is 13.7. The molecule has 0 heterocycles. The van der Waals surface area contributed by atoms with Crippen LogP contribution >= 0.6 is 11.6 Å². The Morgan fingerprint density at radius 3 is 2.55 bits per heavy atom. The highest BCUT2D eigenvalue weighted by Crippen LogP contribution is 2.22. The lowest BCUT2D eigenvalue weighted by atomic mass is 10.1. The van der Waals surface area contributed by atoms with Crippen LogP contribution in [-0.4, -0.2) is 31.4 Å². The monoisotopic (exact) mass is 296 g/mol. The number of anilines is 1. The molecule has 4 heteroatoms. The average Bonchev–Trinajstić information content (AvgIpc) is 2.42. The molecule has 0 atom stereocenters. The Kier molecular flexibility index (Phi) is 7.45. The second kappa shape index (κ2) is 8.85. The van der Waals surface area contributed by atoms with Gasteiger partial charge in [-0.25, -0.2) is 0 Å². The van der Waals surface area contributed by atoms with Crippen LogP contribution in [0.2, 0.25) is 5.02 Å². The molecule has 0 aliphatic heterocycles. The van der Waals surface area contributed by atoms with E-state index in [0.717, 1.165) is 18.7 Å². The van der Waals surface area contributed by atoms with Gasteiger partial charge < -0.3 is 10.2 Å². The van der Waals surface area contributed by atoms with E-state index < -0.39 is 0 Å². The summed E-state index contributed by atoms with van der Waals surface area (Å²) in [6.45, 7) is 3.08. The number of unbranched alkanes of at least 4 members (excludes halogenated alkanes) is 4. The number of nitrogens with zero attached hydrogens (tertiary/aromatic N) is 1. The first-order valence-electron chi connectivity index (χ1n) is 7.31. The second-order valence-electron chi connectivity index (χ2n) is 5.23. The van der Waals surface area contributed by atoms with Gasteiger partial charge in [-0.2, -0.15) is 0 Å². The predicted molar refractivity (Wildman–Crippen MR) is 86.7 cm³/mol. The van der Waals surface area contributed by atoms with Crippen molar-refractivity contribution in [1.82, 2.24) is 4.90 Å². The minimum atomic E-state index is -0.00449. The number of rotatable bonds is 8. The normalized spacial score (nSPS) is 10.4. The lowest BCUT2D eigenvalue weighted by Crippen LogP contribution is -2.23. The summed E-state index contributed by atoms with van der Waals surface area (Å²) in [5.41, 5.74) is 1.50. The Balaban J connectivity index is 2.59. The summed E-state index contributed by atoms with van der Waals surface area (Å²) in [7, 11) is 3.51. The zero-order chi connectivity index (χ0) is 15.0. The van der Waals surface area contributed by atoms with Crippen molar-refractivity contribution in [2.24, 2.45) is 0 Å². The molecular weight excluding hydrogens is 272 g/mol. The largest absolute Gasteiger partial charge is 0.384 e. The fourth-order valence-electron chi connectivity index (χ4n) is 2.04. The molecule has 1 aromatic rings. The zero-order valence-electron chi connectivity index (χ0n) is 12.7. The van der Waals surface area contributed by atoms with Crippen molar-refractivity contribution in [3.8, 4) is 0 Å². The van der Waals surface area contributed by atoms with Gasteiger partial charge in [-0.1, -0.05) is 44.2 Å². The molecule has 0 aromatic heterocycles. The quantitative estimate of drug-likeness (QED) is 0.720. The van der Waals surface area contributed by atoms with E-state index >= 15 is 0 Å². The van der Waals surface area contributed by atoms with Crippen LogP contribution in [0.5, 0.6) is 0 Å². The first-order chi connectivity index (χ1) is 9.56. The van der Waals surface area contributed by atoms with E-state index in [-0.39, 0.29) is 5.91 Å². The van der Waals surface area contributed by atoms with Crippen LogP contribution < -0.4 is 5.32 Å². The lowest BCUT2D eigenvalue weighted by molar-refractivity contribution is 0.0828. The maximum atomic E-state index is 12.1.